The van der Waals surface area contributed by atoms with Crippen LogP contribution in [0, 0.1) is 3.57 Å². The Morgan fingerprint density at radius 1 is 1.32 bits per heavy atom. The minimum absolute atomic E-state index is 0.123. The lowest BCUT2D eigenvalue weighted by Gasteiger charge is -2.06. The molecule has 19 heavy (non-hydrogen) atoms. The van der Waals surface area contributed by atoms with E-state index in [0.717, 1.165) is 9.26 Å². The number of amides is 1. The number of aromatic nitrogens is 1. The van der Waals surface area contributed by atoms with E-state index in [1.165, 1.54) is 6.07 Å². The lowest BCUT2D eigenvalue weighted by molar-refractivity contribution is 0.0953. The molecule has 0 fully saturated rings. The van der Waals surface area contributed by atoms with Gasteiger partial charge in [-0.1, -0.05) is 6.07 Å². The van der Waals surface area contributed by atoms with Crippen molar-refractivity contribution in [1.82, 2.24) is 10.3 Å². The van der Waals surface area contributed by atoms with Crippen LogP contribution in [0.25, 0.3) is 0 Å². The fraction of sp³-hybridized carbons (Fsp3) is 0.143. The highest BCUT2D eigenvalue weighted by Gasteiger charge is 2.07. The van der Waals surface area contributed by atoms with Gasteiger partial charge in [0.1, 0.15) is 5.75 Å². The van der Waals surface area contributed by atoms with E-state index in [9.17, 15) is 9.90 Å². The summed E-state index contributed by atoms with van der Waals surface area (Å²) in [6, 6.07) is 10.6. The van der Waals surface area contributed by atoms with Crippen LogP contribution in [0.1, 0.15) is 16.1 Å². The van der Waals surface area contributed by atoms with E-state index in [1.807, 2.05) is 40.8 Å². The summed E-state index contributed by atoms with van der Waals surface area (Å²) < 4.78 is 0.725. The normalized spacial score (nSPS) is 10.2. The molecule has 0 aliphatic heterocycles. The number of rotatable bonds is 4. The molecule has 0 bridgehead atoms. The Morgan fingerprint density at radius 3 is 2.84 bits per heavy atom. The lowest BCUT2D eigenvalue weighted by Crippen LogP contribution is -2.25. The van der Waals surface area contributed by atoms with Gasteiger partial charge in [-0.3, -0.25) is 9.78 Å². The van der Waals surface area contributed by atoms with E-state index in [4.69, 9.17) is 0 Å². The van der Waals surface area contributed by atoms with E-state index >= 15 is 0 Å². The number of benzene rings is 1. The van der Waals surface area contributed by atoms with E-state index in [1.54, 1.807) is 18.3 Å². The van der Waals surface area contributed by atoms with Crippen LogP contribution in [0.15, 0.2) is 42.6 Å². The van der Waals surface area contributed by atoms with Crippen molar-refractivity contribution in [3.63, 3.8) is 0 Å². The Balaban J connectivity index is 1.89. The maximum Gasteiger partial charge on any atom is 0.251 e. The standard InChI is InChI=1S/C14H13IN2O2/c15-12-5-4-10(9-13(12)18)14(19)17-8-6-11-3-1-2-7-16-11/h1-5,7,9,18H,6,8H2,(H,17,19). The number of phenolic OH excluding ortho intramolecular Hbond substituents is 1. The second-order valence-corrected chi connectivity index (χ2v) is 5.16. The van der Waals surface area contributed by atoms with Crippen molar-refractivity contribution in [3.8, 4) is 5.75 Å². The number of aromatic hydroxyl groups is 1. The lowest BCUT2D eigenvalue weighted by atomic mass is 10.2. The fourth-order valence-corrected chi connectivity index (χ4v) is 1.94. The third-order valence-corrected chi connectivity index (χ3v) is 3.51. The highest BCUT2D eigenvalue weighted by molar-refractivity contribution is 14.1. The smallest absolute Gasteiger partial charge is 0.251 e. The third kappa shape index (κ3) is 3.92. The summed E-state index contributed by atoms with van der Waals surface area (Å²) in [6.07, 6.45) is 2.41. The van der Waals surface area contributed by atoms with Crippen molar-refractivity contribution in [1.29, 1.82) is 0 Å². The van der Waals surface area contributed by atoms with Crippen LogP contribution in [-0.2, 0) is 6.42 Å². The molecule has 0 saturated heterocycles. The van der Waals surface area contributed by atoms with Crippen LogP contribution in [0.5, 0.6) is 5.75 Å². The number of hydrogen-bond acceptors (Lipinski definition) is 3. The highest BCUT2D eigenvalue weighted by Crippen LogP contribution is 2.20. The number of nitrogens with one attached hydrogen (secondary N) is 1. The molecule has 0 atom stereocenters. The third-order valence-electron chi connectivity index (χ3n) is 2.60. The van der Waals surface area contributed by atoms with E-state index < -0.39 is 0 Å². The second-order valence-electron chi connectivity index (χ2n) is 3.99. The molecule has 0 spiro atoms. The molecule has 98 valence electrons. The van der Waals surface area contributed by atoms with Crippen LogP contribution in [-0.4, -0.2) is 22.5 Å². The van der Waals surface area contributed by atoms with Crippen LogP contribution in [0.3, 0.4) is 0 Å². The van der Waals surface area contributed by atoms with Gasteiger partial charge in [-0.15, -0.1) is 0 Å². The number of carbonyl (C=O) groups is 1. The first kappa shape index (κ1) is 13.8. The van der Waals surface area contributed by atoms with Gasteiger partial charge >= 0.3 is 0 Å². The predicted octanol–water partition coefficient (Wildman–Crippen LogP) is 2.36. The van der Waals surface area contributed by atoms with Gasteiger partial charge in [-0.05, 0) is 52.9 Å². The maximum absolute atomic E-state index is 11.9. The minimum atomic E-state index is -0.192. The van der Waals surface area contributed by atoms with Gasteiger partial charge in [0.2, 0.25) is 0 Å². The van der Waals surface area contributed by atoms with Crippen molar-refractivity contribution in [2.45, 2.75) is 6.42 Å². The molecule has 0 radical (unpaired) electrons. The molecular weight excluding hydrogens is 355 g/mol. The van der Waals surface area contributed by atoms with Gasteiger partial charge in [-0.25, -0.2) is 0 Å². The van der Waals surface area contributed by atoms with E-state index in [2.05, 4.69) is 10.3 Å². The van der Waals surface area contributed by atoms with Gasteiger partial charge in [0.15, 0.2) is 0 Å². The number of phenols is 1. The minimum Gasteiger partial charge on any atom is -0.507 e. The Hall–Kier alpha value is -1.63. The molecule has 0 saturated carbocycles. The van der Waals surface area contributed by atoms with Crippen molar-refractivity contribution in [2.75, 3.05) is 6.54 Å². The summed E-state index contributed by atoms with van der Waals surface area (Å²) in [7, 11) is 0. The van der Waals surface area contributed by atoms with Crippen molar-refractivity contribution >= 4 is 28.5 Å². The molecule has 2 N–H and O–H groups in total. The van der Waals surface area contributed by atoms with Crippen LogP contribution < -0.4 is 5.32 Å². The monoisotopic (exact) mass is 368 g/mol. The molecule has 1 aromatic heterocycles. The zero-order valence-electron chi connectivity index (χ0n) is 10.1. The Labute approximate surface area is 125 Å². The first-order valence-corrected chi connectivity index (χ1v) is 6.91. The molecular formula is C14H13IN2O2. The number of nitrogens with zero attached hydrogens (tertiary/aromatic N) is 1. The number of hydrogen-bond donors (Lipinski definition) is 2. The number of carbonyl (C=O) groups excluding carboxylic acids is 1. The van der Waals surface area contributed by atoms with Crippen molar-refractivity contribution < 1.29 is 9.90 Å². The quantitative estimate of drug-likeness (QED) is 0.815. The molecule has 0 aliphatic rings. The Morgan fingerprint density at radius 2 is 2.16 bits per heavy atom. The zero-order chi connectivity index (χ0) is 13.7. The van der Waals surface area contributed by atoms with Gasteiger partial charge in [-0.2, -0.15) is 0 Å². The molecule has 1 aromatic carbocycles. The van der Waals surface area contributed by atoms with Crippen molar-refractivity contribution in [2.24, 2.45) is 0 Å². The van der Waals surface area contributed by atoms with Crippen LogP contribution in [0.4, 0.5) is 0 Å². The molecule has 1 heterocycles. The Kier molecular flexibility index (Phi) is 4.73. The molecule has 1 amide bonds. The first-order chi connectivity index (χ1) is 9.16. The molecule has 2 rings (SSSR count). The molecule has 0 unspecified atom stereocenters. The van der Waals surface area contributed by atoms with Gasteiger partial charge in [0, 0.05) is 30.4 Å². The molecule has 5 heteroatoms. The fourth-order valence-electron chi connectivity index (χ4n) is 1.61. The summed E-state index contributed by atoms with van der Waals surface area (Å²) >= 11 is 2.01. The first-order valence-electron chi connectivity index (χ1n) is 5.83. The van der Waals surface area contributed by atoms with Gasteiger partial charge < -0.3 is 10.4 Å². The summed E-state index contributed by atoms with van der Waals surface area (Å²) in [5.41, 5.74) is 1.40. The predicted molar refractivity (Wildman–Crippen MR) is 81.1 cm³/mol. The van der Waals surface area contributed by atoms with E-state index in [-0.39, 0.29) is 11.7 Å². The van der Waals surface area contributed by atoms with Crippen LogP contribution >= 0.6 is 22.6 Å². The average Bonchev–Trinajstić information content (AvgIpc) is 2.43. The van der Waals surface area contributed by atoms with Crippen LogP contribution in [0.2, 0.25) is 0 Å². The van der Waals surface area contributed by atoms with Gasteiger partial charge in [0.25, 0.3) is 5.91 Å². The summed E-state index contributed by atoms with van der Waals surface area (Å²) in [5, 5.41) is 12.4. The number of halogens is 1. The van der Waals surface area contributed by atoms with Gasteiger partial charge in [0.05, 0.1) is 3.57 Å². The molecule has 2 aromatic rings. The number of pyridine rings is 1. The summed E-state index contributed by atoms with van der Waals surface area (Å²) in [4.78, 5) is 16.0. The zero-order valence-corrected chi connectivity index (χ0v) is 12.3. The Bertz CT molecular complexity index is 573. The van der Waals surface area contributed by atoms with E-state index in [0.29, 0.717) is 18.5 Å². The average molecular weight is 368 g/mol. The maximum atomic E-state index is 11.9. The highest BCUT2D eigenvalue weighted by atomic mass is 127. The second kappa shape index (κ2) is 6.51. The van der Waals surface area contributed by atoms with Crippen molar-refractivity contribution in [3.05, 3.63) is 57.4 Å². The SMILES string of the molecule is O=C(NCCc1ccccn1)c1ccc(I)c(O)c1. The molecule has 4 nitrogen and oxygen atoms in total. The largest absolute Gasteiger partial charge is 0.507 e. The summed E-state index contributed by atoms with van der Waals surface area (Å²) in [6.45, 7) is 0.516. The summed E-state index contributed by atoms with van der Waals surface area (Å²) in [5.74, 6) is -0.0689. The topological polar surface area (TPSA) is 62.2 Å². The molecule has 0 aliphatic carbocycles.